The van der Waals surface area contributed by atoms with Crippen molar-refractivity contribution in [3.63, 3.8) is 0 Å². The fourth-order valence-electron chi connectivity index (χ4n) is 2.65. The van der Waals surface area contributed by atoms with Crippen molar-refractivity contribution in [3.8, 4) is 17.2 Å². The van der Waals surface area contributed by atoms with Gasteiger partial charge in [0.15, 0.2) is 11.5 Å². The van der Waals surface area contributed by atoms with Crippen LogP contribution in [-0.4, -0.2) is 26.3 Å². The first-order valence-corrected chi connectivity index (χ1v) is 7.50. The maximum atomic E-state index is 13.4. The van der Waals surface area contributed by atoms with Crippen LogP contribution in [0.3, 0.4) is 0 Å². The maximum absolute atomic E-state index is 13.4. The second-order valence-electron chi connectivity index (χ2n) is 5.44. The number of hydrogen-bond donors (Lipinski definition) is 1. The number of ether oxygens (including phenoxy) is 3. The number of piperidine rings is 1. The van der Waals surface area contributed by atoms with Gasteiger partial charge in [0, 0.05) is 25.3 Å². The van der Waals surface area contributed by atoms with Crippen molar-refractivity contribution < 1.29 is 28.2 Å². The SMILES string of the molecule is [2H]C1([2H])C[C@@H](c2ccc(F)cc2)C([2H])(COc2ccc3c(c2)OC([2H])([2H])O3)C([2H])([2H])N1. The molecular formula is C19H20FNO3. The van der Waals surface area contributed by atoms with E-state index in [0.29, 0.717) is 5.56 Å². The Morgan fingerprint density at radius 1 is 1.21 bits per heavy atom. The van der Waals surface area contributed by atoms with Crippen LogP contribution in [0.25, 0.3) is 0 Å². The van der Waals surface area contributed by atoms with Gasteiger partial charge in [-0.15, -0.1) is 0 Å². The molecule has 2 aromatic rings. The molecule has 24 heavy (non-hydrogen) atoms. The smallest absolute Gasteiger partial charge is 0.231 e. The minimum absolute atomic E-state index is 0.109. The molecule has 0 aliphatic carbocycles. The molecule has 0 spiro atoms. The van der Waals surface area contributed by atoms with E-state index in [1.165, 1.54) is 42.5 Å². The highest BCUT2D eigenvalue weighted by atomic mass is 19.1. The third kappa shape index (κ3) is 3.17. The molecule has 0 bridgehead atoms. The predicted molar refractivity (Wildman–Crippen MR) is 88.2 cm³/mol. The molecule has 1 unspecified atom stereocenters. The highest BCUT2D eigenvalue weighted by molar-refractivity contribution is 5.46. The summed E-state index contributed by atoms with van der Waals surface area (Å²) in [6, 6.07) is 9.51. The van der Waals surface area contributed by atoms with Crippen LogP contribution in [0.1, 0.15) is 27.5 Å². The summed E-state index contributed by atoms with van der Waals surface area (Å²) in [4.78, 5) is 0. The normalized spacial score (nSPS) is 36.0. The molecule has 1 saturated heterocycles. The van der Waals surface area contributed by atoms with Gasteiger partial charge >= 0.3 is 0 Å². The molecule has 4 rings (SSSR count). The Morgan fingerprint density at radius 2 is 2.04 bits per heavy atom. The molecule has 2 aliphatic rings. The lowest BCUT2D eigenvalue weighted by atomic mass is 9.81. The van der Waals surface area contributed by atoms with Crippen molar-refractivity contribution in [1.29, 1.82) is 0 Å². The average molecular weight is 336 g/mol. The summed E-state index contributed by atoms with van der Waals surface area (Å²) >= 11 is 0. The Hall–Kier alpha value is -2.27. The fourth-order valence-corrected chi connectivity index (χ4v) is 2.65. The van der Waals surface area contributed by atoms with E-state index >= 15 is 0 Å². The van der Waals surface area contributed by atoms with Crippen molar-refractivity contribution in [3.05, 3.63) is 53.8 Å². The molecule has 0 aromatic heterocycles. The highest BCUT2D eigenvalue weighted by Crippen LogP contribution is 2.36. The monoisotopic (exact) mass is 336 g/mol. The van der Waals surface area contributed by atoms with E-state index in [9.17, 15) is 4.39 Å². The van der Waals surface area contributed by atoms with Crippen molar-refractivity contribution in [2.45, 2.75) is 12.3 Å². The number of benzene rings is 2. The molecule has 2 heterocycles. The number of fused-ring (bicyclic) bond motifs is 1. The fraction of sp³-hybridized carbons (Fsp3) is 0.368. The second-order valence-corrected chi connectivity index (χ2v) is 5.44. The van der Waals surface area contributed by atoms with Gasteiger partial charge in [0.05, 0.1) is 6.61 Å². The summed E-state index contributed by atoms with van der Waals surface area (Å²) in [6.45, 7) is -7.33. The van der Waals surface area contributed by atoms with Crippen molar-refractivity contribution in [2.75, 3.05) is 26.3 Å². The summed E-state index contributed by atoms with van der Waals surface area (Å²) in [7, 11) is 0. The van der Waals surface area contributed by atoms with E-state index in [1.54, 1.807) is 0 Å². The van der Waals surface area contributed by atoms with Crippen LogP contribution in [-0.2, 0) is 0 Å². The predicted octanol–water partition coefficient (Wildman–Crippen LogP) is 3.33. The molecule has 1 fully saturated rings. The van der Waals surface area contributed by atoms with E-state index < -0.39 is 44.0 Å². The van der Waals surface area contributed by atoms with Gasteiger partial charge in [-0.1, -0.05) is 12.1 Å². The summed E-state index contributed by atoms with van der Waals surface area (Å²) < 4.78 is 85.9. The van der Waals surface area contributed by atoms with Gasteiger partial charge in [-0.25, -0.2) is 4.39 Å². The minimum Gasteiger partial charge on any atom is -0.493 e. The minimum atomic E-state index is -2.48. The van der Waals surface area contributed by atoms with Gasteiger partial charge in [0.1, 0.15) is 14.3 Å². The molecule has 0 amide bonds. The van der Waals surface area contributed by atoms with E-state index in [2.05, 4.69) is 5.32 Å². The van der Waals surface area contributed by atoms with E-state index in [0.717, 1.165) is 0 Å². The molecule has 5 heteroatoms. The highest BCUT2D eigenvalue weighted by Gasteiger charge is 2.27. The van der Waals surface area contributed by atoms with Crippen LogP contribution < -0.4 is 19.5 Å². The molecule has 2 aromatic carbocycles. The molecule has 2 atom stereocenters. The van der Waals surface area contributed by atoms with Crippen molar-refractivity contribution in [2.24, 2.45) is 5.89 Å². The zero-order valence-corrected chi connectivity index (χ0v) is 12.6. The summed E-state index contributed by atoms with van der Waals surface area (Å²) in [5.41, 5.74) is 0.424. The van der Waals surface area contributed by atoms with Gasteiger partial charge in [-0.3, -0.25) is 0 Å². The molecular weight excluding hydrogens is 309 g/mol. The Kier molecular flexibility index (Phi) is 2.59. The number of nitrogens with one attached hydrogen (secondary N) is 1. The average Bonchev–Trinajstić information content (AvgIpc) is 2.96. The first kappa shape index (κ1) is 9.28. The Morgan fingerprint density at radius 3 is 2.92 bits per heavy atom. The first-order chi connectivity index (χ1) is 14.3. The van der Waals surface area contributed by atoms with Crippen molar-refractivity contribution >= 4 is 0 Å². The van der Waals surface area contributed by atoms with Gasteiger partial charge in [0.2, 0.25) is 6.75 Å². The Balaban J connectivity index is 1.63. The number of hydrogen-bond acceptors (Lipinski definition) is 4. The van der Waals surface area contributed by atoms with Crippen LogP contribution in [0.15, 0.2) is 42.5 Å². The molecule has 1 N–H and O–H groups in total. The lowest BCUT2D eigenvalue weighted by molar-refractivity contribution is 0.173. The van der Waals surface area contributed by atoms with Crippen LogP contribution in [0.5, 0.6) is 17.2 Å². The largest absolute Gasteiger partial charge is 0.493 e. The number of halogens is 1. The summed E-state index contributed by atoms with van der Waals surface area (Å²) in [5, 5.41) is 2.25. The molecule has 4 nitrogen and oxygen atoms in total. The van der Waals surface area contributed by atoms with E-state index in [-0.39, 0.29) is 23.7 Å². The van der Waals surface area contributed by atoms with Gasteiger partial charge in [-0.05, 0) is 48.7 Å². The van der Waals surface area contributed by atoms with Crippen LogP contribution >= 0.6 is 0 Å². The Labute approximate surface area is 150 Å². The zero-order valence-electron chi connectivity index (χ0n) is 19.6. The lowest BCUT2D eigenvalue weighted by Crippen LogP contribution is -2.38. The van der Waals surface area contributed by atoms with Gasteiger partial charge in [0.25, 0.3) is 0 Å². The van der Waals surface area contributed by atoms with E-state index in [1.807, 2.05) is 0 Å². The third-order valence-corrected chi connectivity index (χ3v) is 3.92. The van der Waals surface area contributed by atoms with Gasteiger partial charge in [-0.2, -0.15) is 0 Å². The molecule has 2 aliphatic heterocycles. The standard InChI is InChI=1S/C19H20FNO3/c20-15-3-1-13(2-4-15)17-7-8-21-10-14(17)11-22-16-5-6-18-19(9-16)24-12-23-18/h1-6,9,14,17,21H,7-8,10-12H2/t14?,17-/m0/s1/i8D2,10D2,12D2,14D. The van der Waals surface area contributed by atoms with Crippen LogP contribution in [0.2, 0.25) is 0 Å². The van der Waals surface area contributed by atoms with E-state index in [4.69, 9.17) is 23.8 Å². The quantitative estimate of drug-likeness (QED) is 0.930. The van der Waals surface area contributed by atoms with Crippen LogP contribution in [0.4, 0.5) is 4.39 Å². The third-order valence-electron chi connectivity index (χ3n) is 3.92. The second kappa shape index (κ2) is 6.69. The topological polar surface area (TPSA) is 39.7 Å². The van der Waals surface area contributed by atoms with Gasteiger partial charge < -0.3 is 19.5 Å². The number of rotatable bonds is 4. The van der Waals surface area contributed by atoms with Crippen molar-refractivity contribution in [1.82, 2.24) is 5.32 Å². The molecule has 126 valence electrons. The van der Waals surface area contributed by atoms with Crippen LogP contribution in [0, 0.1) is 11.7 Å². The molecule has 0 saturated carbocycles. The zero-order chi connectivity index (χ0) is 22.7. The summed E-state index contributed by atoms with van der Waals surface area (Å²) in [6.07, 6.45) is -0.216. The molecule has 0 radical (unpaired) electrons. The Bertz CT molecular complexity index is 989. The first-order valence-electron chi connectivity index (χ1n) is 11.0. The summed E-state index contributed by atoms with van der Waals surface area (Å²) in [5.74, 6) is -2.91. The maximum Gasteiger partial charge on any atom is 0.231 e. The lowest BCUT2D eigenvalue weighted by Gasteiger charge is -2.32.